The van der Waals surface area contributed by atoms with Crippen molar-refractivity contribution in [3.63, 3.8) is 0 Å². The summed E-state index contributed by atoms with van der Waals surface area (Å²) >= 11 is 0. The third kappa shape index (κ3) is 9.66. The molecule has 22 heavy (non-hydrogen) atoms. The summed E-state index contributed by atoms with van der Waals surface area (Å²) in [5.41, 5.74) is -1.58. The van der Waals surface area contributed by atoms with Crippen LogP contribution in [0.3, 0.4) is 0 Å². The zero-order valence-corrected chi connectivity index (χ0v) is 13.7. The van der Waals surface area contributed by atoms with Crippen molar-refractivity contribution in [2.45, 2.75) is 90.9 Å². The van der Waals surface area contributed by atoms with E-state index < -0.39 is 17.4 Å². The fraction of sp³-hybridized carbons (Fsp3) is 0.882. The normalized spacial score (nSPS) is 11.0. The first-order valence-corrected chi connectivity index (χ1v) is 8.48. The second-order valence-electron chi connectivity index (χ2n) is 5.98. The van der Waals surface area contributed by atoms with E-state index in [1.54, 1.807) is 6.92 Å². The van der Waals surface area contributed by atoms with Crippen LogP contribution in [-0.2, 0) is 9.59 Å². The standard InChI is InChI=1S/C17H32O4.K.H/c1-3-5-6-7-8-9-10-11-12-13-14-17(4-2,15(18)19)16(20)21;;/h3-14H2,1-2H3,(H,18,19)(H,20,21);;. The molecule has 0 aromatic carbocycles. The van der Waals surface area contributed by atoms with Crippen molar-refractivity contribution in [1.29, 1.82) is 0 Å². The summed E-state index contributed by atoms with van der Waals surface area (Å²) in [5.74, 6) is -2.40. The molecule has 0 aromatic rings. The SMILES string of the molecule is CCCCCCCCCCCCC(CC)(C(=O)O)C(=O)O.[KH]. The molecule has 2 N–H and O–H groups in total. The second-order valence-corrected chi connectivity index (χ2v) is 5.98. The van der Waals surface area contributed by atoms with E-state index in [0.29, 0.717) is 6.42 Å². The molecule has 0 amide bonds. The molecule has 0 saturated carbocycles. The molecule has 0 bridgehead atoms. The van der Waals surface area contributed by atoms with Crippen molar-refractivity contribution in [1.82, 2.24) is 0 Å². The van der Waals surface area contributed by atoms with Gasteiger partial charge in [-0.05, 0) is 12.8 Å². The molecule has 0 heterocycles. The van der Waals surface area contributed by atoms with Crippen molar-refractivity contribution in [3.8, 4) is 0 Å². The van der Waals surface area contributed by atoms with Gasteiger partial charge in [0, 0.05) is 0 Å². The van der Waals surface area contributed by atoms with E-state index in [4.69, 9.17) is 10.2 Å². The Balaban J connectivity index is 0. The van der Waals surface area contributed by atoms with Crippen molar-refractivity contribution < 1.29 is 19.8 Å². The first-order chi connectivity index (χ1) is 10.0. The van der Waals surface area contributed by atoms with Crippen LogP contribution in [0, 0.1) is 5.41 Å². The molecule has 5 heteroatoms. The van der Waals surface area contributed by atoms with E-state index in [1.165, 1.54) is 44.9 Å². The zero-order chi connectivity index (χ0) is 16.1. The van der Waals surface area contributed by atoms with E-state index in [-0.39, 0.29) is 64.2 Å². The monoisotopic (exact) mass is 340 g/mol. The molecule has 0 radical (unpaired) electrons. The molecule has 4 nitrogen and oxygen atoms in total. The first kappa shape index (κ1) is 24.8. The van der Waals surface area contributed by atoms with Crippen molar-refractivity contribution in [3.05, 3.63) is 0 Å². The van der Waals surface area contributed by atoms with E-state index >= 15 is 0 Å². The molecule has 0 saturated heterocycles. The fourth-order valence-electron chi connectivity index (χ4n) is 2.70. The maximum atomic E-state index is 11.2. The molecule has 126 valence electrons. The second kappa shape index (κ2) is 15.1. The third-order valence-corrected chi connectivity index (χ3v) is 4.38. The van der Waals surface area contributed by atoms with Gasteiger partial charge in [-0.25, -0.2) is 0 Å². The predicted octanol–water partition coefficient (Wildman–Crippen LogP) is 4.21. The Bertz CT molecular complexity index is 291. The summed E-state index contributed by atoms with van der Waals surface area (Å²) < 4.78 is 0. The number of carbonyl (C=O) groups is 2. The average molecular weight is 341 g/mol. The predicted molar refractivity (Wildman–Crippen MR) is 91.6 cm³/mol. The number of unbranched alkanes of at least 4 members (excludes halogenated alkanes) is 9. The minimum absolute atomic E-state index is 0. The number of carboxylic acid groups (broad SMARTS) is 2. The summed E-state index contributed by atoms with van der Waals surface area (Å²) in [6.45, 7) is 3.85. The summed E-state index contributed by atoms with van der Waals surface area (Å²) in [5, 5.41) is 18.3. The quantitative estimate of drug-likeness (QED) is 0.282. The van der Waals surface area contributed by atoms with Gasteiger partial charge in [-0.15, -0.1) is 0 Å². The fourth-order valence-corrected chi connectivity index (χ4v) is 2.70. The van der Waals surface area contributed by atoms with Crippen LogP contribution in [0.25, 0.3) is 0 Å². The number of carboxylic acids is 2. The molecule has 0 aliphatic carbocycles. The van der Waals surface area contributed by atoms with Gasteiger partial charge in [-0.1, -0.05) is 78.1 Å². The van der Waals surface area contributed by atoms with Crippen LogP contribution in [-0.4, -0.2) is 73.5 Å². The van der Waals surface area contributed by atoms with Gasteiger partial charge >= 0.3 is 63.3 Å². The summed E-state index contributed by atoms with van der Waals surface area (Å²) in [4.78, 5) is 22.4. The Labute approximate surface area is 177 Å². The van der Waals surface area contributed by atoms with Crippen LogP contribution >= 0.6 is 0 Å². The van der Waals surface area contributed by atoms with Crippen molar-refractivity contribution in [2.24, 2.45) is 5.41 Å². The van der Waals surface area contributed by atoms with Crippen molar-refractivity contribution >= 4 is 63.3 Å². The zero-order valence-electron chi connectivity index (χ0n) is 13.7. The Kier molecular flexibility index (Phi) is 17.1. The number of rotatable bonds is 14. The number of hydrogen-bond acceptors (Lipinski definition) is 2. The van der Waals surface area contributed by atoms with Gasteiger partial charge in [0.25, 0.3) is 0 Å². The minimum atomic E-state index is -1.58. The summed E-state index contributed by atoms with van der Waals surface area (Å²) in [6, 6.07) is 0. The summed E-state index contributed by atoms with van der Waals surface area (Å²) in [7, 11) is 0. The van der Waals surface area contributed by atoms with Crippen LogP contribution in [0.4, 0.5) is 0 Å². The molecular weight excluding hydrogens is 307 g/mol. The molecular formula is C17H33KO4. The van der Waals surface area contributed by atoms with Gasteiger partial charge in [0.2, 0.25) is 0 Å². The number of hydrogen-bond donors (Lipinski definition) is 2. The van der Waals surface area contributed by atoms with Crippen LogP contribution in [0.15, 0.2) is 0 Å². The van der Waals surface area contributed by atoms with E-state index in [2.05, 4.69) is 6.92 Å². The Hall–Kier alpha value is 0.576. The average Bonchev–Trinajstić information content (AvgIpc) is 2.44. The molecule has 0 spiro atoms. The Morgan fingerprint density at radius 2 is 1.09 bits per heavy atom. The maximum absolute atomic E-state index is 11.2. The number of aliphatic carboxylic acids is 2. The molecule has 0 aliphatic heterocycles. The van der Waals surface area contributed by atoms with Gasteiger partial charge in [0.1, 0.15) is 0 Å². The van der Waals surface area contributed by atoms with E-state index in [9.17, 15) is 9.59 Å². The summed E-state index contributed by atoms with van der Waals surface area (Å²) in [6.07, 6.45) is 12.0. The molecule has 0 atom stereocenters. The third-order valence-electron chi connectivity index (χ3n) is 4.38. The van der Waals surface area contributed by atoms with E-state index in [0.717, 1.165) is 12.8 Å². The van der Waals surface area contributed by atoms with Crippen molar-refractivity contribution in [2.75, 3.05) is 0 Å². The van der Waals surface area contributed by atoms with Gasteiger partial charge in [0.15, 0.2) is 5.41 Å². The van der Waals surface area contributed by atoms with Gasteiger partial charge < -0.3 is 10.2 Å². The van der Waals surface area contributed by atoms with Crippen LogP contribution < -0.4 is 0 Å². The first-order valence-electron chi connectivity index (χ1n) is 8.48. The molecule has 0 fully saturated rings. The molecule has 0 rings (SSSR count). The van der Waals surface area contributed by atoms with Gasteiger partial charge in [-0.3, -0.25) is 9.59 Å². The van der Waals surface area contributed by atoms with Crippen LogP contribution in [0.2, 0.25) is 0 Å². The molecule has 0 aromatic heterocycles. The van der Waals surface area contributed by atoms with E-state index in [1.807, 2.05) is 0 Å². The van der Waals surface area contributed by atoms with Crippen LogP contribution in [0.1, 0.15) is 90.9 Å². The van der Waals surface area contributed by atoms with Gasteiger partial charge in [0.05, 0.1) is 0 Å². The van der Waals surface area contributed by atoms with Crippen LogP contribution in [0.5, 0.6) is 0 Å². The molecule has 0 unspecified atom stereocenters. The topological polar surface area (TPSA) is 74.6 Å². The molecule has 0 aliphatic rings. The Morgan fingerprint density at radius 1 is 0.727 bits per heavy atom. The van der Waals surface area contributed by atoms with Gasteiger partial charge in [-0.2, -0.15) is 0 Å². The Morgan fingerprint density at radius 3 is 1.41 bits per heavy atom.